The van der Waals surface area contributed by atoms with Crippen molar-refractivity contribution >= 4 is 5.82 Å². The average molecular weight is 231 g/mol. The van der Waals surface area contributed by atoms with E-state index in [1.807, 2.05) is 6.07 Å². The summed E-state index contributed by atoms with van der Waals surface area (Å²) in [5.41, 5.74) is 7.05. The van der Waals surface area contributed by atoms with E-state index in [0.717, 1.165) is 24.4 Å². The standard InChI is InChI=1S/C13H17N3O/c14-12-6-10(7-1-2-7)15-13(16-12)9-5-8-3-4-11(9)17-8/h6-9,11H,1-5H2,(H2,14,15,16). The van der Waals surface area contributed by atoms with Gasteiger partial charge in [0.15, 0.2) is 0 Å². The van der Waals surface area contributed by atoms with Crippen LogP contribution in [0.2, 0.25) is 0 Å². The van der Waals surface area contributed by atoms with Crippen LogP contribution in [0.25, 0.3) is 0 Å². The summed E-state index contributed by atoms with van der Waals surface area (Å²) < 4.78 is 5.87. The van der Waals surface area contributed by atoms with Crippen LogP contribution in [0.1, 0.15) is 55.5 Å². The summed E-state index contributed by atoms with van der Waals surface area (Å²) in [6.45, 7) is 0. The normalized spacial score (nSPS) is 35.4. The molecule has 3 unspecified atom stereocenters. The number of ether oxygens (including phenoxy) is 1. The molecule has 2 saturated heterocycles. The number of fused-ring (bicyclic) bond motifs is 2. The summed E-state index contributed by atoms with van der Waals surface area (Å²) in [6, 6.07) is 1.94. The molecule has 2 bridgehead atoms. The maximum atomic E-state index is 5.90. The highest BCUT2D eigenvalue weighted by atomic mass is 16.5. The molecule has 1 aliphatic carbocycles. The van der Waals surface area contributed by atoms with Crippen molar-refractivity contribution in [2.24, 2.45) is 0 Å². The molecule has 1 aromatic rings. The minimum absolute atomic E-state index is 0.342. The number of nitrogens with two attached hydrogens (primary N) is 1. The molecule has 3 fully saturated rings. The van der Waals surface area contributed by atoms with E-state index in [1.54, 1.807) is 0 Å². The number of hydrogen-bond acceptors (Lipinski definition) is 4. The van der Waals surface area contributed by atoms with Crippen LogP contribution >= 0.6 is 0 Å². The Morgan fingerprint density at radius 2 is 2.06 bits per heavy atom. The highest BCUT2D eigenvalue weighted by Gasteiger charge is 2.43. The predicted molar refractivity (Wildman–Crippen MR) is 63.7 cm³/mol. The topological polar surface area (TPSA) is 61.0 Å². The lowest BCUT2D eigenvalue weighted by Gasteiger charge is -2.18. The number of rotatable bonds is 2. The number of nitrogen functional groups attached to an aromatic ring is 1. The molecule has 2 N–H and O–H groups in total. The van der Waals surface area contributed by atoms with Crippen molar-refractivity contribution < 1.29 is 4.74 Å². The third kappa shape index (κ3) is 1.62. The van der Waals surface area contributed by atoms with Gasteiger partial charge in [-0.2, -0.15) is 0 Å². The van der Waals surface area contributed by atoms with E-state index in [9.17, 15) is 0 Å². The van der Waals surface area contributed by atoms with Gasteiger partial charge in [-0.25, -0.2) is 9.97 Å². The van der Waals surface area contributed by atoms with Crippen molar-refractivity contribution in [2.45, 2.75) is 56.1 Å². The maximum absolute atomic E-state index is 5.90. The van der Waals surface area contributed by atoms with Crippen molar-refractivity contribution in [2.75, 3.05) is 5.73 Å². The highest BCUT2D eigenvalue weighted by molar-refractivity contribution is 5.34. The van der Waals surface area contributed by atoms with E-state index >= 15 is 0 Å². The van der Waals surface area contributed by atoms with E-state index in [1.165, 1.54) is 19.3 Å². The highest BCUT2D eigenvalue weighted by Crippen LogP contribution is 2.45. The van der Waals surface area contributed by atoms with Crippen LogP contribution in [0.5, 0.6) is 0 Å². The third-order valence-electron chi connectivity index (χ3n) is 4.22. The lowest BCUT2D eigenvalue weighted by atomic mass is 9.88. The lowest BCUT2D eigenvalue weighted by Crippen LogP contribution is -2.18. The fourth-order valence-electron chi connectivity index (χ4n) is 3.17. The van der Waals surface area contributed by atoms with Crippen LogP contribution in [0, 0.1) is 0 Å². The summed E-state index contributed by atoms with van der Waals surface area (Å²) in [4.78, 5) is 9.16. The van der Waals surface area contributed by atoms with E-state index in [-0.39, 0.29) is 0 Å². The fraction of sp³-hybridized carbons (Fsp3) is 0.692. The Morgan fingerprint density at radius 1 is 1.18 bits per heavy atom. The van der Waals surface area contributed by atoms with Gasteiger partial charge in [0.2, 0.25) is 0 Å². The molecule has 90 valence electrons. The monoisotopic (exact) mass is 231 g/mol. The van der Waals surface area contributed by atoms with E-state index < -0.39 is 0 Å². The summed E-state index contributed by atoms with van der Waals surface area (Å²) in [5, 5.41) is 0. The first-order chi connectivity index (χ1) is 8.29. The number of hydrogen-bond donors (Lipinski definition) is 1. The first-order valence-corrected chi connectivity index (χ1v) is 6.59. The smallest absolute Gasteiger partial charge is 0.136 e. The van der Waals surface area contributed by atoms with Gasteiger partial charge >= 0.3 is 0 Å². The maximum Gasteiger partial charge on any atom is 0.136 e. The van der Waals surface area contributed by atoms with Crippen LogP contribution in [0.3, 0.4) is 0 Å². The molecule has 17 heavy (non-hydrogen) atoms. The van der Waals surface area contributed by atoms with Crippen LogP contribution in [0.4, 0.5) is 5.82 Å². The van der Waals surface area contributed by atoms with E-state index in [0.29, 0.717) is 29.9 Å². The Balaban J connectivity index is 1.68. The summed E-state index contributed by atoms with van der Waals surface area (Å²) in [7, 11) is 0. The molecule has 3 aliphatic rings. The number of aromatic nitrogens is 2. The third-order valence-corrected chi connectivity index (χ3v) is 4.22. The van der Waals surface area contributed by atoms with Gasteiger partial charge in [-0.3, -0.25) is 0 Å². The van der Waals surface area contributed by atoms with Crippen molar-refractivity contribution in [1.29, 1.82) is 0 Å². The number of nitrogens with zero attached hydrogens (tertiary/aromatic N) is 2. The Morgan fingerprint density at radius 3 is 2.71 bits per heavy atom. The molecule has 1 aromatic heterocycles. The fourth-order valence-corrected chi connectivity index (χ4v) is 3.17. The van der Waals surface area contributed by atoms with Crippen molar-refractivity contribution in [3.8, 4) is 0 Å². The second-order valence-electron chi connectivity index (χ2n) is 5.57. The molecule has 3 atom stereocenters. The average Bonchev–Trinajstić information content (AvgIpc) is 2.97. The van der Waals surface area contributed by atoms with Crippen molar-refractivity contribution in [3.63, 3.8) is 0 Å². The largest absolute Gasteiger partial charge is 0.384 e. The molecule has 4 rings (SSSR count). The second-order valence-corrected chi connectivity index (χ2v) is 5.57. The molecule has 4 nitrogen and oxygen atoms in total. The molecule has 0 radical (unpaired) electrons. The van der Waals surface area contributed by atoms with Gasteiger partial charge in [0.1, 0.15) is 11.6 Å². The first-order valence-electron chi connectivity index (χ1n) is 6.59. The van der Waals surface area contributed by atoms with Crippen molar-refractivity contribution in [3.05, 3.63) is 17.6 Å². The van der Waals surface area contributed by atoms with Gasteiger partial charge in [-0.15, -0.1) is 0 Å². The Hall–Kier alpha value is -1.16. The molecule has 3 heterocycles. The summed E-state index contributed by atoms with van der Waals surface area (Å²) >= 11 is 0. The minimum atomic E-state index is 0.342. The van der Waals surface area contributed by atoms with Crippen LogP contribution in [-0.4, -0.2) is 22.2 Å². The molecule has 0 spiro atoms. The Kier molecular flexibility index (Phi) is 1.98. The summed E-state index contributed by atoms with van der Waals surface area (Å²) in [6.07, 6.45) is 6.74. The second kappa shape index (κ2) is 3.42. The van der Waals surface area contributed by atoms with Gasteiger partial charge < -0.3 is 10.5 Å². The number of anilines is 1. The first kappa shape index (κ1) is 9.83. The van der Waals surface area contributed by atoms with Crippen LogP contribution in [-0.2, 0) is 4.74 Å². The van der Waals surface area contributed by atoms with E-state index in [2.05, 4.69) is 4.98 Å². The molecule has 1 saturated carbocycles. The predicted octanol–water partition coefficient (Wildman–Crippen LogP) is 1.97. The Bertz CT molecular complexity index is 458. The zero-order chi connectivity index (χ0) is 11.4. The zero-order valence-corrected chi connectivity index (χ0v) is 9.80. The van der Waals surface area contributed by atoms with Crippen LogP contribution in [0.15, 0.2) is 6.07 Å². The van der Waals surface area contributed by atoms with Crippen molar-refractivity contribution in [1.82, 2.24) is 9.97 Å². The molecule has 0 amide bonds. The van der Waals surface area contributed by atoms with Crippen LogP contribution < -0.4 is 5.73 Å². The minimum Gasteiger partial charge on any atom is -0.384 e. The lowest BCUT2D eigenvalue weighted by molar-refractivity contribution is 0.0998. The molecule has 4 heteroatoms. The van der Waals surface area contributed by atoms with Gasteiger partial charge in [0.05, 0.1) is 12.2 Å². The molecular weight excluding hydrogens is 214 g/mol. The van der Waals surface area contributed by atoms with Gasteiger partial charge in [0.25, 0.3) is 0 Å². The molecule has 2 aliphatic heterocycles. The molecule has 0 aromatic carbocycles. The van der Waals surface area contributed by atoms with Gasteiger partial charge in [-0.05, 0) is 32.1 Å². The van der Waals surface area contributed by atoms with Gasteiger partial charge in [0, 0.05) is 23.6 Å². The molecular formula is C13H17N3O. The summed E-state index contributed by atoms with van der Waals surface area (Å²) in [5.74, 6) is 2.58. The Labute approximate surface area is 101 Å². The SMILES string of the molecule is Nc1cc(C2CC2)nc(C2CC3CCC2O3)n1. The van der Waals surface area contributed by atoms with Gasteiger partial charge in [-0.1, -0.05) is 0 Å². The van der Waals surface area contributed by atoms with E-state index in [4.69, 9.17) is 15.5 Å². The quantitative estimate of drug-likeness (QED) is 0.845. The zero-order valence-electron chi connectivity index (χ0n) is 9.80.